The molecule has 7 nitrogen and oxygen atoms in total. The standard InChI is InChI=1S/C20H24F3N7/c1-24-11-16(29-8-6-26-17(13-29)20(21,22)23)19-27-5-4-18(28-19)30-7-2-3-14(12-30)15-9-25-10-15/h4-6,11,13-15,25H,1-3,7-10,12H2/b16-11-. The molecule has 30 heavy (non-hydrogen) atoms. The molecule has 1 aromatic heterocycles. The van der Waals surface area contributed by atoms with Crippen molar-refractivity contribution >= 4 is 24.4 Å². The summed E-state index contributed by atoms with van der Waals surface area (Å²) in [4.78, 5) is 19.8. The predicted octanol–water partition coefficient (Wildman–Crippen LogP) is 2.70. The van der Waals surface area contributed by atoms with Gasteiger partial charge in [0.1, 0.15) is 11.5 Å². The van der Waals surface area contributed by atoms with Crippen LogP contribution < -0.4 is 10.2 Å². The number of nitrogens with one attached hydrogen (secondary N) is 1. The third kappa shape index (κ3) is 4.38. The first-order valence-electron chi connectivity index (χ1n) is 9.99. The molecule has 1 atom stereocenters. The molecule has 0 spiro atoms. The Hall–Kier alpha value is -2.75. The summed E-state index contributed by atoms with van der Waals surface area (Å²) in [7, 11) is 0. The summed E-state index contributed by atoms with van der Waals surface area (Å²) in [6, 6.07) is 1.85. The van der Waals surface area contributed by atoms with Crippen LogP contribution in [-0.4, -0.2) is 66.7 Å². The molecule has 0 aliphatic carbocycles. The number of rotatable bonds is 5. The van der Waals surface area contributed by atoms with E-state index in [0.29, 0.717) is 23.4 Å². The maximum Gasteiger partial charge on any atom is 0.434 e. The largest absolute Gasteiger partial charge is 0.434 e. The van der Waals surface area contributed by atoms with E-state index >= 15 is 0 Å². The van der Waals surface area contributed by atoms with Gasteiger partial charge in [0, 0.05) is 31.7 Å². The zero-order valence-electron chi connectivity index (χ0n) is 16.5. The number of nitrogens with zero attached hydrogens (tertiary/aromatic N) is 6. The van der Waals surface area contributed by atoms with Crippen molar-refractivity contribution in [3.8, 4) is 0 Å². The molecular formula is C20H24F3N7. The highest BCUT2D eigenvalue weighted by atomic mass is 19.4. The molecule has 0 amide bonds. The van der Waals surface area contributed by atoms with Gasteiger partial charge in [-0.05, 0) is 50.6 Å². The van der Waals surface area contributed by atoms with Crippen molar-refractivity contribution in [2.24, 2.45) is 21.8 Å². The first-order chi connectivity index (χ1) is 14.5. The molecule has 2 saturated heterocycles. The Morgan fingerprint density at radius 3 is 2.83 bits per heavy atom. The quantitative estimate of drug-likeness (QED) is 0.744. The number of aliphatic imine (C=N–C) groups is 2. The number of halogens is 3. The average molecular weight is 419 g/mol. The lowest BCUT2D eigenvalue weighted by molar-refractivity contribution is -0.0934. The molecule has 1 aromatic rings. The van der Waals surface area contributed by atoms with Gasteiger partial charge < -0.3 is 15.1 Å². The lowest BCUT2D eigenvalue weighted by atomic mass is 9.82. The van der Waals surface area contributed by atoms with Gasteiger partial charge in [0.25, 0.3) is 0 Å². The minimum absolute atomic E-state index is 0.162. The van der Waals surface area contributed by atoms with Crippen molar-refractivity contribution < 1.29 is 13.2 Å². The van der Waals surface area contributed by atoms with Crippen molar-refractivity contribution in [2.45, 2.75) is 19.0 Å². The Balaban J connectivity index is 1.58. The minimum Gasteiger partial charge on any atom is -0.356 e. The Morgan fingerprint density at radius 2 is 2.13 bits per heavy atom. The number of hydrogen-bond acceptors (Lipinski definition) is 7. The lowest BCUT2D eigenvalue weighted by Crippen LogP contribution is -2.51. The minimum atomic E-state index is -4.54. The van der Waals surface area contributed by atoms with E-state index < -0.39 is 11.9 Å². The molecule has 0 aromatic carbocycles. The maximum atomic E-state index is 13.1. The summed E-state index contributed by atoms with van der Waals surface area (Å²) in [6.07, 6.45) is 2.95. The van der Waals surface area contributed by atoms with Gasteiger partial charge in [0.15, 0.2) is 11.5 Å². The van der Waals surface area contributed by atoms with Crippen molar-refractivity contribution in [1.29, 1.82) is 0 Å². The molecule has 1 N–H and O–H groups in total. The summed E-state index contributed by atoms with van der Waals surface area (Å²) in [5, 5.41) is 3.33. The van der Waals surface area contributed by atoms with Crippen LogP contribution in [0.4, 0.5) is 19.0 Å². The molecule has 0 saturated carbocycles. The van der Waals surface area contributed by atoms with E-state index in [1.807, 2.05) is 6.07 Å². The van der Waals surface area contributed by atoms with Crippen LogP contribution in [0.15, 0.2) is 40.3 Å². The van der Waals surface area contributed by atoms with Crippen molar-refractivity contribution in [2.75, 3.05) is 37.6 Å². The second-order valence-corrected chi connectivity index (χ2v) is 7.68. The molecule has 10 heteroatoms. The van der Waals surface area contributed by atoms with Crippen LogP contribution in [0.2, 0.25) is 0 Å². The third-order valence-corrected chi connectivity index (χ3v) is 5.73. The van der Waals surface area contributed by atoms with Gasteiger partial charge in [0.05, 0.1) is 12.7 Å². The van der Waals surface area contributed by atoms with Crippen molar-refractivity contribution in [1.82, 2.24) is 20.2 Å². The Morgan fingerprint density at radius 1 is 1.30 bits per heavy atom. The molecule has 2 fully saturated rings. The van der Waals surface area contributed by atoms with Gasteiger partial charge in [-0.25, -0.2) is 9.97 Å². The second-order valence-electron chi connectivity index (χ2n) is 7.68. The highest BCUT2D eigenvalue weighted by molar-refractivity contribution is 5.70. The van der Waals surface area contributed by atoms with Crippen LogP contribution in [0.5, 0.6) is 0 Å². The van der Waals surface area contributed by atoms with Crippen molar-refractivity contribution in [3.63, 3.8) is 0 Å². The fourth-order valence-corrected chi connectivity index (χ4v) is 4.02. The summed E-state index contributed by atoms with van der Waals surface area (Å²) >= 11 is 0. The summed E-state index contributed by atoms with van der Waals surface area (Å²) in [6.45, 7) is 7.57. The topological polar surface area (TPSA) is 69.0 Å². The van der Waals surface area contributed by atoms with Gasteiger partial charge in [-0.3, -0.25) is 9.98 Å². The molecule has 0 radical (unpaired) electrons. The number of aromatic nitrogens is 2. The van der Waals surface area contributed by atoms with Crippen LogP contribution in [0.25, 0.3) is 5.70 Å². The summed E-state index contributed by atoms with van der Waals surface area (Å²) < 4.78 is 39.3. The number of allylic oxidation sites excluding steroid dienone is 1. The second kappa shape index (κ2) is 8.55. The normalized spacial score (nSPS) is 23.2. The van der Waals surface area contributed by atoms with E-state index in [2.05, 4.69) is 36.9 Å². The van der Waals surface area contributed by atoms with Crippen LogP contribution >= 0.6 is 0 Å². The number of piperidine rings is 1. The van der Waals surface area contributed by atoms with E-state index in [1.165, 1.54) is 23.7 Å². The van der Waals surface area contributed by atoms with Crippen LogP contribution in [-0.2, 0) is 0 Å². The fraction of sp³-hybridized carbons (Fsp3) is 0.500. The van der Waals surface area contributed by atoms with Crippen LogP contribution in [0.3, 0.4) is 0 Å². The monoisotopic (exact) mass is 419 g/mol. The molecule has 3 aliphatic heterocycles. The average Bonchev–Trinajstić information content (AvgIpc) is 2.70. The summed E-state index contributed by atoms with van der Waals surface area (Å²) in [5.41, 5.74) is -0.635. The highest BCUT2D eigenvalue weighted by Gasteiger charge is 2.36. The molecular weight excluding hydrogens is 395 g/mol. The lowest BCUT2D eigenvalue weighted by Gasteiger charge is -2.41. The zero-order valence-corrected chi connectivity index (χ0v) is 16.5. The van der Waals surface area contributed by atoms with Crippen molar-refractivity contribution in [3.05, 3.63) is 36.2 Å². The number of hydrogen-bond donors (Lipinski definition) is 1. The van der Waals surface area contributed by atoms with Gasteiger partial charge in [-0.2, -0.15) is 13.2 Å². The third-order valence-electron chi connectivity index (χ3n) is 5.73. The highest BCUT2D eigenvalue weighted by Crippen LogP contribution is 2.32. The van der Waals surface area contributed by atoms with E-state index in [9.17, 15) is 13.2 Å². The Labute approximate surface area is 173 Å². The Bertz CT molecular complexity index is 873. The van der Waals surface area contributed by atoms with Crippen LogP contribution in [0, 0.1) is 11.8 Å². The van der Waals surface area contributed by atoms with E-state index in [0.717, 1.165) is 44.6 Å². The van der Waals surface area contributed by atoms with E-state index in [4.69, 9.17) is 0 Å². The maximum absolute atomic E-state index is 13.1. The van der Waals surface area contributed by atoms with Gasteiger partial charge >= 0.3 is 6.18 Å². The molecule has 0 bridgehead atoms. The molecule has 1 unspecified atom stereocenters. The first kappa shape index (κ1) is 20.5. The molecule has 4 heterocycles. The van der Waals surface area contributed by atoms with Gasteiger partial charge in [-0.15, -0.1) is 0 Å². The summed E-state index contributed by atoms with van der Waals surface area (Å²) in [5.74, 6) is 2.41. The molecule has 160 valence electrons. The molecule has 4 rings (SSSR count). The van der Waals surface area contributed by atoms with Crippen LogP contribution in [0.1, 0.15) is 18.7 Å². The smallest absolute Gasteiger partial charge is 0.356 e. The number of alkyl halides is 3. The fourth-order valence-electron chi connectivity index (χ4n) is 4.02. The van der Waals surface area contributed by atoms with E-state index in [1.54, 1.807) is 6.20 Å². The zero-order chi connectivity index (χ0) is 21.1. The van der Waals surface area contributed by atoms with Gasteiger partial charge in [-0.1, -0.05) is 0 Å². The molecule has 3 aliphatic rings. The van der Waals surface area contributed by atoms with Gasteiger partial charge in [0.2, 0.25) is 0 Å². The Kier molecular flexibility index (Phi) is 5.85. The first-order valence-corrected chi connectivity index (χ1v) is 9.99. The SMILES string of the molecule is C=N/C=C(/c1nccc(N2CCCC(C3CNC3)C2)n1)N1C=C(C(F)(F)F)N=CC1. The van der Waals surface area contributed by atoms with E-state index in [-0.39, 0.29) is 6.54 Å². The number of anilines is 1. The predicted molar refractivity (Wildman–Crippen MR) is 110 cm³/mol.